The van der Waals surface area contributed by atoms with Crippen LogP contribution in [0.25, 0.3) is 0 Å². The summed E-state index contributed by atoms with van der Waals surface area (Å²) in [6.45, 7) is 5.18. The Kier molecular flexibility index (Phi) is 12.1. The molecule has 9 heteroatoms. The molecule has 0 aromatic heterocycles. The fourth-order valence-electron chi connectivity index (χ4n) is 3.54. The molecule has 1 aliphatic rings. The molecule has 0 amide bonds. The molecule has 26 heavy (non-hydrogen) atoms. The van der Waals surface area contributed by atoms with E-state index < -0.39 is 12.7 Å². The first kappa shape index (κ1) is 25.7. The molecule has 156 valence electrons. The molecule has 2 atom stereocenters. The fourth-order valence-corrected chi connectivity index (χ4v) is 3.54. The van der Waals surface area contributed by atoms with E-state index in [0.717, 1.165) is 19.4 Å². The summed E-state index contributed by atoms with van der Waals surface area (Å²) < 4.78 is 37.5. The van der Waals surface area contributed by atoms with Gasteiger partial charge < -0.3 is 15.5 Å². The lowest BCUT2D eigenvalue weighted by molar-refractivity contribution is -0.143. The number of hydrogen-bond acceptors (Lipinski definition) is 3. The van der Waals surface area contributed by atoms with Gasteiger partial charge in [-0.1, -0.05) is 26.7 Å². The van der Waals surface area contributed by atoms with Crippen molar-refractivity contribution >= 4 is 29.9 Å². The third-order valence-corrected chi connectivity index (χ3v) is 4.97. The number of rotatable bonds is 8. The molecule has 2 N–H and O–H groups in total. The van der Waals surface area contributed by atoms with E-state index in [-0.39, 0.29) is 30.0 Å². The zero-order valence-corrected chi connectivity index (χ0v) is 18.9. The predicted molar refractivity (Wildman–Crippen MR) is 112 cm³/mol. The summed E-state index contributed by atoms with van der Waals surface area (Å²) in [6, 6.07) is 0.387. The zero-order chi connectivity index (χ0) is 19.0. The van der Waals surface area contributed by atoms with Gasteiger partial charge >= 0.3 is 6.18 Å². The smallest absolute Gasteiger partial charge is 0.355 e. The van der Waals surface area contributed by atoms with Crippen molar-refractivity contribution in [3.8, 4) is 0 Å². The van der Waals surface area contributed by atoms with Crippen molar-refractivity contribution in [2.45, 2.75) is 51.4 Å². The van der Waals surface area contributed by atoms with Crippen molar-refractivity contribution in [2.75, 3.05) is 47.3 Å². The fraction of sp³-hybridized carbons (Fsp3) is 0.941. The molecule has 0 aromatic carbocycles. The van der Waals surface area contributed by atoms with Crippen LogP contribution in [0.15, 0.2) is 4.99 Å². The number of nitrogens with zero attached hydrogens (tertiary/aromatic N) is 3. The number of hydrogen-bond donors (Lipinski definition) is 2. The van der Waals surface area contributed by atoms with Crippen molar-refractivity contribution < 1.29 is 13.2 Å². The minimum absolute atomic E-state index is 0. The van der Waals surface area contributed by atoms with Crippen molar-refractivity contribution in [2.24, 2.45) is 10.9 Å². The van der Waals surface area contributed by atoms with Crippen molar-refractivity contribution in [3.63, 3.8) is 0 Å². The van der Waals surface area contributed by atoms with Crippen LogP contribution >= 0.6 is 24.0 Å². The van der Waals surface area contributed by atoms with Crippen molar-refractivity contribution in [1.82, 2.24) is 20.4 Å². The molecule has 2 unspecified atom stereocenters. The first-order chi connectivity index (χ1) is 11.7. The lowest BCUT2D eigenvalue weighted by Crippen LogP contribution is -2.50. The molecule has 0 radical (unpaired) electrons. The molecule has 0 aliphatic carbocycles. The van der Waals surface area contributed by atoms with Crippen LogP contribution in [0.1, 0.15) is 33.1 Å². The maximum absolute atomic E-state index is 12.5. The molecular weight excluding hydrogens is 458 g/mol. The van der Waals surface area contributed by atoms with Crippen molar-refractivity contribution in [3.05, 3.63) is 0 Å². The van der Waals surface area contributed by atoms with Gasteiger partial charge in [0.1, 0.15) is 0 Å². The van der Waals surface area contributed by atoms with Gasteiger partial charge in [0.05, 0.1) is 6.54 Å². The summed E-state index contributed by atoms with van der Waals surface area (Å²) in [7, 11) is 5.85. The van der Waals surface area contributed by atoms with Crippen molar-refractivity contribution in [1.29, 1.82) is 0 Å². The minimum Gasteiger partial charge on any atom is -0.355 e. The third-order valence-electron chi connectivity index (χ3n) is 4.97. The topological polar surface area (TPSA) is 42.9 Å². The number of alkyl halides is 3. The highest BCUT2D eigenvalue weighted by Gasteiger charge is 2.34. The highest BCUT2D eigenvalue weighted by Crippen LogP contribution is 2.20. The first-order valence-corrected chi connectivity index (χ1v) is 9.12. The summed E-state index contributed by atoms with van der Waals surface area (Å²) in [5, 5.41) is 6.61. The maximum atomic E-state index is 12.5. The second-order valence-corrected chi connectivity index (χ2v) is 7.04. The molecule has 1 heterocycles. The van der Waals surface area contributed by atoms with Crippen LogP contribution in [0.4, 0.5) is 13.2 Å². The van der Waals surface area contributed by atoms with E-state index >= 15 is 0 Å². The Bertz CT molecular complexity index is 414. The van der Waals surface area contributed by atoms with Gasteiger partial charge in [0.2, 0.25) is 0 Å². The second kappa shape index (κ2) is 12.2. The molecule has 1 saturated heterocycles. The lowest BCUT2D eigenvalue weighted by Gasteiger charge is -2.32. The minimum atomic E-state index is -4.14. The molecule has 0 saturated carbocycles. The van der Waals surface area contributed by atoms with Crippen LogP contribution in [-0.2, 0) is 0 Å². The van der Waals surface area contributed by atoms with Gasteiger partial charge in [-0.2, -0.15) is 13.2 Å². The van der Waals surface area contributed by atoms with Gasteiger partial charge in [-0.25, -0.2) is 0 Å². The number of likely N-dealkylation sites (tertiary alicyclic amines) is 1. The monoisotopic (exact) mass is 493 g/mol. The van der Waals surface area contributed by atoms with Crippen LogP contribution < -0.4 is 10.6 Å². The summed E-state index contributed by atoms with van der Waals surface area (Å²) in [6.07, 6.45) is -1.21. The Labute approximate surface area is 173 Å². The number of halogens is 4. The van der Waals surface area contributed by atoms with E-state index in [1.807, 2.05) is 0 Å². The molecular formula is C17H35F3IN5. The van der Waals surface area contributed by atoms with E-state index in [9.17, 15) is 13.2 Å². The van der Waals surface area contributed by atoms with E-state index in [4.69, 9.17) is 0 Å². The molecule has 0 aromatic rings. The summed E-state index contributed by atoms with van der Waals surface area (Å²) in [4.78, 5) is 7.89. The van der Waals surface area contributed by atoms with Crippen LogP contribution in [0.3, 0.4) is 0 Å². The SMILES string of the molecule is CCC(CC)C(CNC(=NC)NC1CCN(CC(F)(F)F)C1)N(C)C.I. The zero-order valence-electron chi connectivity index (χ0n) is 16.6. The van der Waals surface area contributed by atoms with E-state index in [0.29, 0.717) is 37.4 Å². The van der Waals surface area contributed by atoms with Gasteiger partial charge in [0.25, 0.3) is 0 Å². The van der Waals surface area contributed by atoms with Gasteiger partial charge in [-0.15, -0.1) is 24.0 Å². The molecule has 1 fully saturated rings. The molecule has 0 spiro atoms. The standard InChI is InChI=1S/C17H34F3N5.HI/c1-6-13(7-2)15(24(4)5)10-22-16(21-3)23-14-8-9-25(11-14)12-17(18,19)20;/h13-15H,6-12H2,1-5H3,(H2,21,22,23);1H. The van der Waals surface area contributed by atoms with E-state index in [1.165, 1.54) is 4.90 Å². The number of likely N-dealkylation sites (N-methyl/N-ethyl adjacent to an activating group) is 1. The number of aliphatic imine (C=N–C) groups is 1. The van der Waals surface area contributed by atoms with Crippen LogP contribution in [0.2, 0.25) is 0 Å². The lowest BCUT2D eigenvalue weighted by atomic mass is 9.93. The highest BCUT2D eigenvalue weighted by molar-refractivity contribution is 14.0. The summed E-state index contributed by atoms with van der Waals surface area (Å²) in [5.41, 5.74) is 0. The summed E-state index contributed by atoms with van der Waals surface area (Å²) >= 11 is 0. The number of nitrogens with one attached hydrogen (secondary N) is 2. The predicted octanol–water partition coefficient (Wildman–Crippen LogP) is 2.77. The Morgan fingerprint density at radius 2 is 1.88 bits per heavy atom. The molecule has 0 bridgehead atoms. The quantitative estimate of drug-likeness (QED) is 0.310. The largest absolute Gasteiger partial charge is 0.401 e. The van der Waals surface area contributed by atoms with Gasteiger partial charge in [0, 0.05) is 38.8 Å². The maximum Gasteiger partial charge on any atom is 0.401 e. The van der Waals surface area contributed by atoms with Crippen LogP contribution in [-0.4, -0.2) is 81.3 Å². The number of guanidine groups is 1. The van der Waals surface area contributed by atoms with Crippen LogP contribution in [0, 0.1) is 5.92 Å². The Morgan fingerprint density at radius 3 is 2.35 bits per heavy atom. The normalized spacial score (nSPS) is 20.4. The highest BCUT2D eigenvalue weighted by atomic mass is 127. The van der Waals surface area contributed by atoms with Gasteiger partial charge in [-0.05, 0) is 26.4 Å². The average molecular weight is 493 g/mol. The third kappa shape index (κ3) is 9.07. The van der Waals surface area contributed by atoms with Gasteiger partial charge in [-0.3, -0.25) is 9.89 Å². The Morgan fingerprint density at radius 1 is 1.27 bits per heavy atom. The first-order valence-electron chi connectivity index (χ1n) is 9.12. The average Bonchev–Trinajstić information content (AvgIpc) is 2.94. The Balaban J connectivity index is 0.00000625. The Hall–Kier alpha value is -0.290. The van der Waals surface area contributed by atoms with E-state index in [2.05, 4.69) is 48.5 Å². The van der Waals surface area contributed by atoms with Gasteiger partial charge in [0.15, 0.2) is 5.96 Å². The molecule has 5 nitrogen and oxygen atoms in total. The summed E-state index contributed by atoms with van der Waals surface area (Å²) in [5.74, 6) is 1.26. The van der Waals surface area contributed by atoms with E-state index in [1.54, 1.807) is 7.05 Å². The molecule has 1 aliphatic heterocycles. The molecule has 1 rings (SSSR count). The second-order valence-electron chi connectivity index (χ2n) is 7.04. The van der Waals surface area contributed by atoms with Crippen LogP contribution in [0.5, 0.6) is 0 Å².